The topological polar surface area (TPSA) is 20.3 Å². The summed E-state index contributed by atoms with van der Waals surface area (Å²) >= 11 is 1.76. The van der Waals surface area contributed by atoms with Gasteiger partial charge in [-0.3, -0.25) is 4.79 Å². The first-order chi connectivity index (χ1) is 8.20. The number of hydrogen-bond acceptors (Lipinski definition) is 3. The molecule has 88 valence electrons. The molecule has 0 saturated heterocycles. The molecule has 1 aromatic carbocycles. The number of aryl methyl sites for hydroxylation is 1. The van der Waals surface area contributed by atoms with Crippen LogP contribution in [-0.4, -0.2) is 13.3 Å². The van der Waals surface area contributed by atoms with Crippen LogP contribution >= 0.6 is 11.3 Å². The molecule has 3 heteroatoms. The van der Waals surface area contributed by atoms with Gasteiger partial charge in [-0.25, -0.2) is 0 Å². The maximum atomic E-state index is 10.8. The number of nitrogens with zero attached hydrogens (tertiary/aromatic N) is 1. The highest BCUT2D eigenvalue weighted by Gasteiger charge is 2.05. The summed E-state index contributed by atoms with van der Waals surface area (Å²) in [6, 6.07) is 10.1. The summed E-state index contributed by atoms with van der Waals surface area (Å²) in [7, 11) is 2.06. The zero-order valence-corrected chi connectivity index (χ0v) is 10.8. The number of aldehydes is 1. The van der Waals surface area contributed by atoms with Crippen molar-refractivity contribution in [2.75, 3.05) is 11.9 Å². The van der Waals surface area contributed by atoms with Crippen LogP contribution in [0, 0.1) is 6.92 Å². The summed E-state index contributed by atoms with van der Waals surface area (Å²) in [6.07, 6.45) is 0.901. The molecule has 0 bridgehead atoms. The van der Waals surface area contributed by atoms with E-state index in [1.54, 1.807) is 11.3 Å². The summed E-state index contributed by atoms with van der Waals surface area (Å²) in [4.78, 5) is 14.3. The average molecular weight is 245 g/mol. The molecule has 0 aliphatic carbocycles. The molecule has 0 spiro atoms. The summed E-state index contributed by atoms with van der Waals surface area (Å²) in [5.74, 6) is 0. The summed E-state index contributed by atoms with van der Waals surface area (Å²) in [5.41, 5.74) is 2.93. The second kappa shape index (κ2) is 5.15. The average Bonchev–Trinajstić information content (AvgIpc) is 2.81. The minimum absolute atomic E-state index is 0.762. The van der Waals surface area contributed by atoms with Crippen LogP contribution in [-0.2, 0) is 6.54 Å². The number of carbonyl (C=O) groups is 1. The number of rotatable bonds is 4. The maximum absolute atomic E-state index is 10.8. The Bertz CT molecular complexity index is 505. The Labute approximate surface area is 106 Å². The fraction of sp³-hybridized carbons (Fsp3) is 0.214. The molecular formula is C14H15NOS. The zero-order valence-electron chi connectivity index (χ0n) is 10.0. The van der Waals surface area contributed by atoms with E-state index in [1.165, 1.54) is 4.88 Å². The van der Waals surface area contributed by atoms with Crippen molar-refractivity contribution in [3.63, 3.8) is 0 Å². The molecule has 2 nitrogen and oxygen atoms in total. The van der Waals surface area contributed by atoms with Gasteiger partial charge >= 0.3 is 0 Å². The largest absolute Gasteiger partial charge is 0.369 e. The zero-order chi connectivity index (χ0) is 12.3. The Hall–Kier alpha value is -1.61. The third-order valence-corrected chi connectivity index (χ3v) is 3.66. The smallest absolute Gasteiger partial charge is 0.150 e. The highest BCUT2D eigenvalue weighted by Crippen LogP contribution is 2.20. The second-order valence-electron chi connectivity index (χ2n) is 4.09. The van der Waals surface area contributed by atoms with E-state index < -0.39 is 0 Å². The van der Waals surface area contributed by atoms with Gasteiger partial charge in [0.15, 0.2) is 0 Å². The Morgan fingerprint density at radius 1 is 1.35 bits per heavy atom. The van der Waals surface area contributed by atoms with Crippen molar-refractivity contribution >= 4 is 23.3 Å². The molecule has 1 heterocycles. The monoisotopic (exact) mass is 245 g/mol. The van der Waals surface area contributed by atoms with Crippen molar-refractivity contribution in [3.05, 3.63) is 51.7 Å². The quantitative estimate of drug-likeness (QED) is 0.768. The molecule has 0 saturated carbocycles. The predicted molar refractivity (Wildman–Crippen MR) is 73.0 cm³/mol. The van der Waals surface area contributed by atoms with Gasteiger partial charge in [0.25, 0.3) is 0 Å². The summed E-state index contributed by atoms with van der Waals surface area (Å²) in [6.45, 7) is 2.86. The van der Waals surface area contributed by atoms with Crippen LogP contribution in [0.25, 0.3) is 0 Å². The van der Waals surface area contributed by atoms with Crippen LogP contribution in [0.2, 0.25) is 0 Å². The van der Waals surface area contributed by atoms with Crippen LogP contribution in [0.3, 0.4) is 0 Å². The lowest BCUT2D eigenvalue weighted by Crippen LogP contribution is -2.15. The fourth-order valence-electron chi connectivity index (χ4n) is 1.76. The van der Waals surface area contributed by atoms with Crippen LogP contribution in [0.1, 0.15) is 20.8 Å². The van der Waals surface area contributed by atoms with E-state index in [0.717, 1.165) is 29.6 Å². The molecule has 0 unspecified atom stereocenters. The molecular weight excluding hydrogens is 230 g/mol. The molecule has 17 heavy (non-hydrogen) atoms. The highest BCUT2D eigenvalue weighted by atomic mass is 32.1. The molecule has 1 aromatic heterocycles. The Morgan fingerprint density at radius 2 is 2.18 bits per heavy atom. The number of carbonyl (C=O) groups excluding carboxylic acids is 1. The Balaban J connectivity index is 2.16. The third kappa shape index (κ3) is 2.74. The molecule has 2 aromatic rings. The molecule has 0 N–H and O–H groups in total. The van der Waals surface area contributed by atoms with E-state index in [0.29, 0.717) is 0 Å². The first-order valence-corrected chi connectivity index (χ1v) is 6.38. The Morgan fingerprint density at radius 3 is 2.76 bits per heavy atom. The molecule has 0 atom stereocenters. The van der Waals surface area contributed by atoms with Crippen molar-refractivity contribution in [2.24, 2.45) is 0 Å². The normalized spacial score (nSPS) is 10.2. The van der Waals surface area contributed by atoms with E-state index in [2.05, 4.69) is 35.5 Å². The van der Waals surface area contributed by atoms with Gasteiger partial charge in [-0.05, 0) is 42.1 Å². The van der Waals surface area contributed by atoms with Crippen molar-refractivity contribution in [1.82, 2.24) is 0 Å². The maximum Gasteiger partial charge on any atom is 0.150 e. The van der Waals surface area contributed by atoms with Crippen LogP contribution < -0.4 is 4.90 Å². The number of thiophene rings is 1. The summed E-state index contributed by atoms with van der Waals surface area (Å²) < 4.78 is 0. The van der Waals surface area contributed by atoms with Gasteiger partial charge in [0, 0.05) is 23.2 Å². The van der Waals surface area contributed by atoms with Crippen molar-refractivity contribution in [2.45, 2.75) is 13.5 Å². The number of anilines is 1. The molecule has 0 fully saturated rings. The van der Waals surface area contributed by atoms with Gasteiger partial charge in [0.2, 0.25) is 0 Å². The van der Waals surface area contributed by atoms with E-state index in [1.807, 2.05) is 19.1 Å². The van der Waals surface area contributed by atoms with Gasteiger partial charge < -0.3 is 4.90 Å². The molecule has 0 aliphatic heterocycles. The molecule has 2 rings (SSSR count). The fourth-order valence-corrected chi connectivity index (χ4v) is 2.51. The van der Waals surface area contributed by atoms with Gasteiger partial charge in [-0.2, -0.15) is 0 Å². The van der Waals surface area contributed by atoms with E-state index >= 15 is 0 Å². The van der Waals surface area contributed by atoms with Gasteiger partial charge in [-0.15, -0.1) is 11.3 Å². The first kappa shape index (κ1) is 11.9. The molecule has 0 aliphatic rings. The first-order valence-electron chi connectivity index (χ1n) is 5.50. The lowest BCUT2D eigenvalue weighted by atomic mass is 10.1. The van der Waals surface area contributed by atoms with Crippen molar-refractivity contribution < 1.29 is 4.79 Å². The minimum Gasteiger partial charge on any atom is -0.369 e. The SMILES string of the molecule is Cc1cc(N(C)Cc2cccs2)ccc1C=O. The minimum atomic E-state index is 0.762. The van der Waals surface area contributed by atoms with E-state index in [-0.39, 0.29) is 0 Å². The van der Waals surface area contributed by atoms with Gasteiger partial charge in [0.05, 0.1) is 6.54 Å². The Kier molecular flexibility index (Phi) is 3.59. The lowest BCUT2D eigenvalue weighted by Gasteiger charge is -2.19. The highest BCUT2D eigenvalue weighted by molar-refractivity contribution is 7.09. The predicted octanol–water partition coefficient (Wildman–Crippen LogP) is 3.51. The molecule has 0 amide bonds. The van der Waals surface area contributed by atoms with Crippen LogP contribution in [0.5, 0.6) is 0 Å². The van der Waals surface area contributed by atoms with Crippen LogP contribution in [0.4, 0.5) is 5.69 Å². The number of benzene rings is 1. The van der Waals surface area contributed by atoms with Crippen molar-refractivity contribution in [1.29, 1.82) is 0 Å². The van der Waals surface area contributed by atoms with E-state index in [9.17, 15) is 4.79 Å². The molecule has 0 radical (unpaired) electrons. The van der Waals surface area contributed by atoms with Crippen molar-refractivity contribution in [3.8, 4) is 0 Å². The van der Waals surface area contributed by atoms with E-state index in [4.69, 9.17) is 0 Å². The van der Waals surface area contributed by atoms with Gasteiger partial charge in [-0.1, -0.05) is 6.07 Å². The second-order valence-corrected chi connectivity index (χ2v) is 5.13. The van der Waals surface area contributed by atoms with Gasteiger partial charge in [0.1, 0.15) is 6.29 Å². The number of hydrogen-bond donors (Lipinski definition) is 0. The third-order valence-electron chi connectivity index (χ3n) is 2.79. The lowest BCUT2D eigenvalue weighted by molar-refractivity contribution is 0.112. The standard InChI is InChI=1S/C14H15NOS/c1-11-8-13(6-5-12(11)10-16)15(2)9-14-4-3-7-17-14/h3-8,10H,9H2,1-2H3. The van der Waals surface area contributed by atoms with Crippen LogP contribution in [0.15, 0.2) is 35.7 Å². The summed E-state index contributed by atoms with van der Waals surface area (Å²) in [5, 5.41) is 2.09.